The van der Waals surface area contributed by atoms with Crippen molar-refractivity contribution < 1.29 is 9.53 Å². The summed E-state index contributed by atoms with van der Waals surface area (Å²) in [6, 6.07) is 2.72. The van der Waals surface area contributed by atoms with Gasteiger partial charge in [-0.15, -0.1) is 0 Å². The van der Waals surface area contributed by atoms with Crippen molar-refractivity contribution in [3.63, 3.8) is 0 Å². The van der Waals surface area contributed by atoms with Crippen molar-refractivity contribution in [2.45, 2.75) is 46.0 Å². The van der Waals surface area contributed by atoms with Gasteiger partial charge in [0.25, 0.3) is 5.91 Å². The molecule has 0 saturated carbocycles. The molecular weight excluding hydrogens is 318 g/mol. The second kappa shape index (κ2) is 7.33. The molecule has 0 bridgehead atoms. The molecular formula is C18H25N5O2. The van der Waals surface area contributed by atoms with Crippen LogP contribution in [0.25, 0.3) is 0 Å². The predicted octanol–water partition coefficient (Wildman–Crippen LogP) is 1.34. The van der Waals surface area contributed by atoms with Gasteiger partial charge in [-0.1, -0.05) is 0 Å². The summed E-state index contributed by atoms with van der Waals surface area (Å²) in [5, 5.41) is 4.42. The normalized spacial score (nSPS) is 14.7. The number of fused-ring (bicyclic) bond motifs is 1. The maximum atomic E-state index is 11.5. The van der Waals surface area contributed by atoms with Crippen LogP contribution < -0.4 is 5.73 Å². The molecule has 0 aromatic carbocycles. The van der Waals surface area contributed by atoms with Crippen molar-refractivity contribution in [3.05, 3.63) is 46.5 Å². The number of primary amides is 1. The Hall–Kier alpha value is -2.25. The highest BCUT2D eigenvalue weighted by Crippen LogP contribution is 2.20. The van der Waals surface area contributed by atoms with E-state index in [4.69, 9.17) is 10.5 Å². The molecule has 0 aliphatic carbocycles. The number of rotatable bonds is 6. The predicted molar refractivity (Wildman–Crippen MR) is 94.0 cm³/mol. The van der Waals surface area contributed by atoms with Crippen LogP contribution in [0.2, 0.25) is 0 Å². The van der Waals surface area contributed by atoms with Gasteiger partial charge in [0.1, 0.15) is 5.69 Å². The van der Waals surface area contributed by atoms with Crippen LogP contribution in [0.15, 0.2) is 18.5 Å². The van der Waals surface area contributed by atoms with Crippen LogP contribution in [0, 0.1) is 0 Å². The summed E-state index contributed by atoms with van der Waals surface area (Å²) < 4.78 is 6.81. The van der Waals surface area contributed by atoms with E-state index in [0.717, 1.165) is 25.1 Å². The number of carbonyl (C=O) groups is 1. The van der Waals surface area contributed by atoms with Crippen LogP contribution in [0.3, 0.4) is 0 Å². The van der Waals surface area contributed by atoms with Crippen LogP contribution in [0.1, 0.15) is 46.7 Å². The van der Waals surface area contributed by atoms with Crippen molar-refractivity contribution in [1.82, 2.24) is 19.7 Å². The SMILES string of the molecule is COCc1nn(Cc2cnc3c(c2)CN(C(C)C)CC3)cc1C(N)=O. The van der Waals surface area contributed by atoms with E-state index >= 15 is 0 Å². The van der Waals surface area contributed by atoms with Crippen LogP contribution in [0.4, 0.5) is 0 Å². The quantitative estimate of drug-likeness (QED) is 0.855. The molecule has 3 rings (SSSR count). The summed E-state index contributed by atoms with van der Waals surface area (Å²) in [6.45, 7) is 7.22. The van der Waals surface area contributed by atoms with Gasteiger partial charge in [0.2, 0.25) is 0 Å². The lowest BCUT2D eigenvalue weighted by Gasteiger charge is -2.31. The molecule has 3 heterocycles. The number of nitrogens with two attached hydrogens (primary N) is 1. The van der Waals surface area contributed by atoms with E-state index < -0.39 is 5.91 Å². The number of methoxy groups -OCH3 is 1. The largest absolute Gasteiger partial charge is 0.378 e. The molecule has 25 heavy (non-hydrogen) atoms. The molecule has 0 fully saturated rings. The minimum Gasteiger partial charge on any atom is -0.378 e. The number of amides is 1. The van der Waals surface area contributed by atoms with Crippen molar-refractivity contribution in [2.24, 2.45) is 5.73 Å². The number of hydrogen-bond donors (Lipinski definition) is 1. The van der Waals surface area contributed by atoms with E-state index in [1.54, 1.807) is 18.0 Å². The van der Waals surface area contributed by atoms with Crippen molar-refractivity contribution in [3.8, 4) is 0 Å². The Bertz CT molecular complexity index is 769. The Morgan fingerprint density at radius 1 is 1.44 bits per heavy atom. The van der Waals surface area contributed by atoms with Gasteiger partial charge in [-0.05, 0) is 31.0 Å². The Balaban J connectivity index is 1.81. The van der Waals surface area contributed by atoms with Crippen molar-refractivity contribution >= 4 is 5.91 Å². The molecule has 2 aromatic heterocycles. The van der Waals surface area contributed by atoms with Gasteiger partial charge in [0, 0.05) is 50.7 Å². The van der Waals surface area contributed by atoms with E-state index in [-0.39, 0.29) is 6.61 Å². The summed E-state index contributed by atoms with van der Waals surface area (Å²) in [5.41, 5.74) is 9.90. The molecule has 1 aliphatic rings. The highest BCUT2D eigenvalue weighted by molar-refractivity contribution is 5.93. The number of carbonyl (C=O) groups excluding carboxylic acids is 1. The Kier molecular flexibility index (Phi) is 5.15. The summed E-state index contributed by atoms with van der Waals surface area (Å²) in [5.74, 6) is -0.491. The van der Waals surface area contributed by atoms with Crippen molar-refractivity contribution in [2.75, 3.05) is 13.7 Å². The van der Waals surface area contributed by atoms with E-state index in [0.29, 0.717) is 23.8 Å². The molecule has 0 atom stereocenters. The van der Waals surface area contributed by atoms with Gasteiger partial charge in [-0.2, -0.15) is 5.10 Å². The third-order valence-electron chi connectivity index (χ3n) is 4.59. The first kappa shape index (κ1) is 17.6. The first-order chi connectivity index (χ1) is 12.0. The van der Waals surface area contributed by atoms with Gasteiger partial charge in [-0.25, -0.2) is 0 Å². The Morgan fingerprint density at radius 2 is 2.24 bits per heavy atom. The lowest BCUT2D eigenvalue weighted by Crippen LogP contribution is -2.36. The molecule has 134 valence electrons. The Labute approximate surface area is 147 Å². The first-order valence-corrected chi connectivity index (χ1v) is 8.53. The fourth-order valence-electron chi connectivity index (χ4n) is 3.20. The number of ether oxygens (including phenoxy) is 1. The third kappa shape index (κ3) is 3.88. The summed E-state index contributed by atoms with van der Waals surface area (Å²) in [4.78, 5) is 18.6. The number of pyridine rings is 1. The van der Waals surface area contributed by atoms with Crippen LogP contribution in [-0.4, -0.2) is 45.3 Å². The van der Waals surface area contributed by atoms with E-state index in [1.807, 2.05) is 6.20 Å². The summed E-state index contributed by atoms with van der Waals surface area (Å²) in [7, 11) is 1.57. The molecule has 7 nitrogen and oxygen atoms in total. The van der Waals surface area contributed by atoms with Gasteiger partial charge < -0.3 is 10.5 Å². The molecule has 2 aromatic rings. The highest BCUT2D eigenvalue weighted by atomic mass is 16.5. The maximum Gasteiger partial charge on any atom is 0.252 e. The minimum absolute atomic E-state index is 0.261. The topological polar surface area (TPSA) is 86.3 Å². The van der Waals surface area contributed by atoms with E-state index in [9.17, 15) is 4.79 Å². The molecule has 0 saturated heterocycles. The van der Waals surface area contributed by atoms with Crippen LogP contribution >= 0.6 is 0 Å². The Morgan fingerprint density at radius 3 is 2.92 bits per heavy atom. The minimum atomic E-state index is -0.491. The lowest BCUT2D eigenvalue weighted by atomic mass is 10.0. The smallest absolute Gasteiger partial charge is 0.252 e. The zero-order valence-corrected chi connectivity index (χ0v) is 15.0. The summed E-state index contributed by atoms with van der Waals surface area (Å²) >= 11 is 0. The molecule has 7 heteroatoms. The standard InChI is InChI=1S/C18H25N5O2/c1-12(2)22-5-4-16-14(9-22)6-13(7-20-16)8-23-10-15(18(19)24)17(21-23)11-25-3/h6-7,10,12H,4-5,8-9,11H2,1-3H3,(H2,19,24). The zero-order valence-electron chi connectivity index (χ0n) is 15.0. The number of aromatic nitrogens is 3. The molecule has 2 N–H and O–H groups in total. The molecule has 0 spiro atoms. The van der Waals surface area contributed by atoms with Gasteiger partial charge in [0.05, 0.1) is 18.7 Å². The lowest BCUT2D eigenvalue weighted by molar-refractivity contribution is 0.0995. The summed E-state index contributed by atoms with van der Waals surface area (Å²) in [6.07, 6.45) is 4.56. The van der Waals surface area contributed by atoms with Crippen molar-refractivity contribution in [1.29, 1.82) is 0 Å². The van der Waals surface area contributed by atoms with Crippen LogP contribution in [-0.2, 0) is 30.9 Å². The number of hydrogen-bond acceptors (Lipinski definition) is 5. The third-order valence-corrected chi connectivity index (χ3v) is 4.59. The second-order valence-corrected chi connectivity index (χ2v) is 6.75. The van der Waals surface area contributed by atoms with Crippen LogP contribution in [0.5, 0.6) is 0 Å². The van der Waals surface area contributed by atoms with E-state index in [1.165, 1.54) is 11.3 Å². The molecule has 1 aliphatic heterocycles. The molecule has 1 amide bonds. The van der Waals surface area contributed by atoms with E-state index in [2.05, 4.69) is 34.9 Å². The fraction of sp³-hybridized carbons (Fsp3) is 0.500. The molecule has 0 radical (unpaired) electrons. The van der Waals surface area contributed by atoms with Gasteiger partial charge in [0.15, 0.2) is 0 Å². The number of nitrogens with zero attached hydrogens (tertiary/aromatic N) is 4. The maximum absolute atomic E-state index is 11.5. The molecule has 0 unspecified atom stereocenters. The van der Waals surface area contributed by atoms with Gasteiger partial charge in [-0.3, -0.25) is 19.4 Å². The fourth-order valence-corrected chi connectivity index (χ4v) is 3.20. The monoisotopic (exact) mass is 343 g/mol. The van der Waals surface area contributed by atoms with Gasteiger partial charge >= 0.3 is 0 Å². The zero-order chi connectivity index (χ0) is 18.0. The average Bonchev–Trinajstić information content (AvgIpc) is 2.97. The highest BCUT2D eigenvalue weighted by Gasteiger charge is 2.20. The second-order valence-electron chi connectivity index (χ2n) is 6.75. The average molecular weight is 343 g/mol. The first-order valence-electron chi connectivity index (χ1n) is 8.53.